The Morgan fingerprint density at radius 3 is 2.76 bits per heavy atom. The molecule has 2 atom stereocenters. The van der Waals surface area contributed by atoms with Crippen LogP contribution in [-0.2, 0) is 0 Å². The maximum absolute atomic E-state index is 5.94. The van der Waals surface area contributed by atoms with Crippen molar-refractivity contribution in [2.45, 2.75) is 38.1 Å². The molecule has 2 N–H and O–H groups in total. The summed E-state index contributed by atoms with van der Waals surface area (Å²) in [5.41, 5.74) is 9.10. The number of piperidine rings is 1. The first-order valence-electron chi connectivity index (χ1n) is 8.09. The lowest BCUT2D eigenvalue weighted by Gasteiger charge is -2.36. The molecule has 2 unspecified atom stereocenters. The molecule has 2 aromatic rings. The first-order valence-corrected chi connectivity index (χ1v) is 8.09. The van der Waals surface area contributed by atoms with Gasteiger partial charge < -0.3 is 15.2 Å². The van der Waals surface area contributed by atoms with Crippen molar-refractivity contribution in [1.82, 2.24) is 14.5 Å². The predicted octanol–water partition coefficient (Wildman–Crippen LogP) is 3.01. The van der Waals surface area contributed by atoms with Crippen LogP contribution in [0.15, 0.2) is 18.2 Å². The largest absolute Gasteiger partial charge is 0.399 e. The Labute approximate surface area is 125 Å². The molecule has 1 aliphatic heterocycles. The maximum atomic E-state index is 5.94. The summed E-state index contributed by atoms with van der Waals surface area (Å²) in [6, 6.07) is 6.77. The van der Waals surface area contributed by atoms with Gasteiger partial charge in [-0.25, -0.2) is 4.98 Å². The van der Waals surface area contributed by atoms with Crippen LogP contribution in [0.3, 0.4) is 0 Å². The lowest BCUT2D eigenvalue weighted by molar-refractivity contribution is 0.159. The Morgan fingerprint density at radius 1 is 1.24 bits per heavy atom. The molecule has 4 nitrogen and oxygen atoms in total. The second kappa shape index (κ2) is 4.73. The highest BCUT2D eigenvalue weighted by Gasteiger charge is 2.34. The molecule has 0 spiro atoms. The van der Waals surface area contributed by atoms with Gasteiger partial charge in [-0.3, -0.25) is 0 Å². The van der Waals surface area contributed by atoms with E-state index in [0.717, 1.165) is 11.2 Å². The summed E-state index contributed by atoms with van der Waals surface area (Å²) < 4.78 is 2.55. The molecule has 112 valence electrons. The summed E-state index contributed by atoms with van der Waals surface area (Å²) >= 11 is 0. The van der Waals surface area contributed by atoms with E-state index in [1.165, 1.54) is 43.7 Å². The number of likely N-dealkylation sites (tertiary alicyclic amines) is 1. The topological polar surface area (TPSA) is 47.1 Å². The molecule has 4 rings (SSSR count). The van der Waals surface area contributed by atoms with E-state index in [1.54, 1.807) is 0 Å². The van der Waals surface area contributed by atoms with Gasteiger partial charge in [-0.15, -0.1) is 0 Å². The lowest BCUT2D eigenvalue weighted by atomic mass is 9.93. The van der Waals surface area contributed by atoms with Crippen molar-refractivity contribution >= 4 is 16.7 Å². The minimum absolute atomic E-state index is 0.574. The van der Waals surface area contributed by atoms with Gasteiger partial charge in [0, 0.05) is 24.2 Å². The molecule has 2 heterocycles. The molecule has 4 heteroatoms. The number of nitrogens with zero attached hydrogens (tertiary/aromatic N) is 3. The molecule has 21 heavy (non-hydrogen) atoms. The second-order valence-electron chi connectivity index (χ2n) is 6.96. The molecule has 0 radical (unpaired) electrons. The summed E-state index contributed by atoms with van der Waals surface area (Å²) in [6.07, 6.45) is 3.80. The van der Waals surface area contributed by atoms with Crippen LogP contribution in [0.4, 0.5) is 5.69 Å². The molecule has 1 saturated carbocycles. The van der Waals surface area contributed by atoms with E-state index < -0.39 is 0 Å². The molecular formula is C17H24N4. The smallest absolute Gasteiger partial charge is 0.113 e. The van der Waals surface area contributed by atoms with Crippen molar-refractivity contribution in [1.29, 1.82) is 0 Å². The fourth-order valence-electron chi connectivity index (χ4n) is 3.84. The van der Waals surface area contributed by atoms with Gasteiger partial charge in [-0.05, 0) is 57.0 Å². The molecule has 1 saturated heterocycles. The molecule has 0 amide bonds. The minimum atomic E-state index is 0.574. The molecule has 1 aromatic carbocycles. The van der Waals surface area contributed by atoms with Crippen LogP contribution in [-0.4, -0.2) is 34.6 Å². The van der Waals surface area contributed by atoms with Gasteiger partial charge in [0.15, 0.2) is 0 Å². The highest BCUT2D eigenvalue weighted by atomic mass is 15.2. The highest BCUT2D eigenvalue weighted by molar-refractivity contribution is 5.80. The normalized spacial score (nSPS) is 27.3. The average molecular weight is 284 g/mol. The summed E-state index contributed by atoms with van der Waals surface area (Å²) in [6.45, 7) is 4.72. The molecule has 1 aromatic heterocycles. The third kappa shape index (κ3) is 2.22. The van der Waals surface area contributed by atoms with E-state index in [-0.39, 0.29) is 0 Å². The van der Waals surface area contributed by atoms with Crippen molar-refractivity contribution in [3.05, 3.63) is 24.0 Å². The van der Waals surface area contributed by atoms with Crippen LogP contribution < -0.4 is 5.73 Å². The van der Waals surface area contributed by atoms with Gasteiger partial charge in [-0.2, -0.15) is 0 Å². The number of anilines is 1. The second-order valence-corrected chi connectivity index (χ2v) is 6.96. The Bertz CT molecular complexity index is 671. The SMILES string of the molecule is CC1CN(C)CCC1n1c(C2CC2)nc2cc(N)ccc21. The summed E-state index contributed by atoms with van der Waals surface area (Å²) in [5.74, 6) is 2.64. The van der Waals surface area contributed by atoms with Crippen molar-refractivity contribution in [2.24, 2.45) is 5.92 Å². The Hall–Kier alpha value is -1.55. The van der Waals surface area contributed by atoms with Crippen LogP contribution in [0.1, 0.15) is 44.0 Å². The van der Waals surface area contributed by atoms with E-state index >= 15 is 0 Å². The number of rotatable bonds is 2. The number of hydrogen-bond donors (Lipinski definition) is 1. The molecule has 2 aliphatic rings. The number of aromatic nitrogens is 2. The number of hydrogen-bond acceptors (Lipinski definition) is 3. The van der Waals surface area contributed by atoms with Crippen LogP contribution in [0.5, 0.6) is 0 Å². The van der Waals surface area contributed by atoms with Gasteiger partial charge >= 0.3 is 0 Å². The van der Waals surface area contributed by atoms with Crippen LogP contribution in [0.2, 0.25) is 0 Å². The third-order valence-electron chi connectivity index (χ3n) is 5.08. The van der Waals surface area contributed by atoms with E-state index in [2.05, 4.69) is 29.5 Å². The van der Waals surface area contributed by atoms with E-state index in [4.69, 9.17) is 10.7 Å². The number of nitrogens with two attached hydrogens (primary N) is 1. The maximum Gasteiger partial charge on any atom is 0.113 e. The van der Waals surface area contributed by atoms with Crippen molar-refractivity contribution < 1.29 is 0 Å². The van der Waals surface area contributed by atoms with Gasteiger partial charge in [0.25, 0.3) is 0 Å². The Morgan fingerprint density at radius 2 is 2.05 bits per heavy atom. The standard InChI is InChI=1S/C17H24N4/c1-11-10-20(2)8-7-15(11)21-16-6-5-13(18)9-14(16)19-17(21)12-3-4-12/h5-6,9,11-12,15H,3-4,7-8,10,18H2,1-2H3. The average Bonchev–Trinajstić information content (AvgIpc) is 3.21. The summed E-state index contributed by atoms with van der Waals surface area (Å²) in [4.78, 5) is 7.37. The highest BCUT2D eigenvalue weighted by Crippen LogP contribution is 2.44. The monoisotopic (exact) mass is 284 g/mol. The van der Waals surface area contributed by atoms with Crippen molar-refractivity contribution in [2.75, 3.05) is 25.9 Å². The van der Waals surface area contributed by atoms with E-state index in [1.807, 2.05) is 12.1 Å². The third-order valence-corrected chi connectivity index (χ3v) is 5.08. The molecule has 2 fully saturated rings. The zero-order chi connectivity index (χ0) is 14.6. The quantitative estimate of drug-likeness (QED) is 0.862. The van der Waals surface area contributed by atoms with Crippen LogP contribution in [0.25, 0.3) is 11.0 Å². The first kappa shape index (κ1) is 13.1. The number of benzene rings is 1. The molecule has 0 bridgehead atoms. The van der Waals surface area contributed by atoms with Crippen LogP contribution in [0, 0.1) is 5.92 Å². The fourth-order valence-corrected chi connectivity index (χ4v) is 3.84. The Kier molecular flexibility index (Phi) is 2.96. The van der Waals surface area contributed by atoms with Gasteiger partial charge in [0.1, 0.15) is 5.82 Å². The fraction of sp³-hybridized carbons (Fsp3) is 0.588. The zero-order valence-electron chi connectivity index (χ0n) is 12.9. The zero-order valence-corrected chi connectivity index (χ0v) is 12.9. The predicted molar refractivity (Wildman–Crippen MR) is 86.4 cm³/mol. The summed E-state index contributed by atoms with van der Waals surface area (Å²) in [5, 5.41) is 0. The molecule has 1 aliphatic carbocycles. The first-order chi connectivity index (χ1) is 10.1. The van der Waals surface area contributed by atoms with E-state index in [9.17, 15) is 0 Å². The summed E-state index contributed by atoms with van der Waals surface area (Å²) in [7, 11) is 2.22. The lowest BCUT2D eigenvalue weighted by Crippen LogP contribution is -2.38. The van der Waals surface area contributed by atoms with Gasteiger partial charge in [0.2, 0.25) is 0 Å². The Balaban J connectivity index is 1.84. The number of nitrogen functional groups attached to an aromatic ring is 1. The van der Waals surface area contributed by atoms with Crippen LogP contribution >= 0.6 is 0 Å². The van der Waals surface area contributed by atoms with Gasteiger partial charge in [-0.1, -0.05) is 6.92 Å². The van der Waals surface area contributed by atoms with Crippen molar-refractivity contribution in [3.63, 3.8) is 0 Å². The number of fused-ring (bicyclic) bond motifs is 1. The van der Waals surface area contributed by atoms with Gasteiger partial charge in [0.05, 0.1) is 11.0 Å². The minimum Gasteiger partial charge on any atom is -0.399 e. The van der Waals surface area contributed by atoms with E-state index in [0.29, 0.717) is 17.9 Å². The van der Waals surface area contributed by atoms with Crippen molar-refractivity contribution in [3.8, 4) is 0 Å². The number of imidazole rings is 1. The molecular weight excluding hydrogens is 260 g/mol.